The van der Waals surface area contributed by atoms with Crippen LogP contribution in [-0.2, 0) is 11.2 Å². The second kappa shape index (κ2) is 4.19. The predicted molar refractivity (Wildman–Crippen MR) is 58.3 cm³/mol. The second-order valence-corrected chi connectivity index (χ2v) is 5.39. The number of thiazole rings is 1. The maximum Gasteiger partial charge on any atom is 0.156 e. The van der Waals surface area contributed by atoms with Gasteiger partial charge in [0.1, 0.15) is 0 Å². The number of rotatable bonds is 3. The highest BCUT2D eigenvalue weighted by Crippen LogP contribution is 2.19. The molecule has 0 aliphatic rings. The summed E-state index contributed by atoms with van der Waals surface area (Å²) in [5, 5.41) is 2.71. The molecule has 0 saturated heterocycles. The fraction of sp³-hybridized carbons (Fsp3) is 0.600. The van der Waals surface area contributed by atoms with Crippen molar-refractivity contribution in [2.45, 2.75) is 33.2 Å². The van der Waals surface area contributed by atoms with Crippen LogP contribution in [-0.4, -0.2) is 16.8 Å². The highest BCUT2D eigenvalue weighted by molar-refractivity contribution is 7.09. The van der Waals surface area contributed by atoms with Gasteiger partial charge in [0.25, 0.3) is 0 Å². The molecule has 14 heavy (non-hydrogen) atoms. The van der Waals surface area contributed by atoms with Gasteiger partial charge in [-0.05, 0) is 5.41 Å². The van der Waals surface area contributed by atoms with Gasteiger partial charge < -0.3 is 5.73 Å². The lowest BCUT2D eigenvalue weighted by Crippen LogP contribution is -2.43. The monoisotopic (exact) mass is 212 g/mol. The zero-order valence-corrected chi connectivity index (χ0v) is 9.60. The van der Waals surface area contributed by atoms with Crippen LogP contribution in [0.5, 0.6) is 0 Å². The standard InChI is InChI=1S/C10H16N2OS/c1-10(2,3)9(11)7(13)6-8-12-4-5-14-8/h4-5,9H,6,11H2,1-3H3. The summed E-state index contributed by atoms with van der Waals surface area (Å²) in [5.41, 5.74) is 5.67. The van der Waals surface area contributed by atoms with Crippen molar-refractivity contribution in [3.8, 4) is 0 Å². The van der Waals surface area contributed by atoms with Crippen LogP contribution >= 0.6 is 11.3 Å². The molecule has 0 aliphatic heterocycles. The van der Waals surface area contributed by atoms with Crippen molar-refractivity contribution < 1.29 is 4.79 Å². The summed E-state index contributed by atoms with van der Waals surface area (Å²) in [6, 6.07) is -0.411. The predicted octanol–water partition coefficient (Wildman–Crippen LogP) is 1.63. The fourth-order valence-electron chi connectivity index (χ4n) is 1.08. The van der Waals surface area contributed by atoms with Crippen LogP contribution in [0.1, 0.15) is 25.8 Å². The fourth-order valence-corrected chi connectivity index (χ4v) is 1.71. The van der Waals surface area contributed by atoms with E-state index in [1.54, 1.807) is 6.20 Å². The smallest absolute Gasteiger partial charge is 0.156 e. The molecule has 0 spiro atoms. The van der Waals surface area contributed by atoms with Crippen molar-refractivity contribution in [1.29, 1.82) is 0 Å². The molecule has 4 heteroatoms. The van der Waals surface area contributed by atoms with E-state index >= 15 is 0 Å². The maximum absolute atomic E-state index is 11.7. The van der Waals surface area contributed by atoms with Crippen LogP contribution < -0.4 is 5.73 Å². The Morgan fingerprint density at radius 3 is 2.71 bits per heavy atom. The average molecular weight is 212 g/mol. The van der Waals surface area contributed by atoms with Crippen molar-refractivity contribution in [3.63, 3.8) is 0 Å². The molecule has 1 aromatic heterocycles. The summed E-state index contributed by atoms with van der Waals surface area (Å²) in [6.07, 6.45) is 2.06. The summed E-state index contributed by atoms with van der Waals surface area (Å²) in [6.45, 7) is 5.91. The van der Waals surface area contributed by atoms with E-state index in [1.807, 2.05) is 26.2 Å². The van der Waals surface area contributed by atoms with Gasteiger partial charge in [0, 0.05) is 11.6 Å². The minimum atomic E-state index is -0.411. The quantitative estimate of drug-likeness (QED) is 0.828. The minimum Gasteiger partial charge on any atom is -0.321 e. The summed E-state index contributed by atoms with van der Waals surface area (Å²) in [5.74, 6) is 0.0625. The van der Waals surface area contributed by atoms with E-state index in [2.05, 4.69) is 4.98 Å². The lowest BCUT2D eigenvalue weighted by molar-refractivity contribution is -0.121. The lowest BCUT2D eigenvalue weighted by atomic mass is 9.84. The van der Waals surface area contributed by atoms with Crippen molar-refractivity contribution in [2.24, 2.45) is 11.1 Å². The molecule has 1 aromatic rings. The number of hydrogen-bond donors (Lipinski definition) is 1. The van der Waals surface area contributed by atoms with E-state index in [-0.39, 0.29) is 11.2 Å². The largest absolute Gasteiger partial charge is 0.321 e. The molecule has 1 unspecified atom stereocenters. The molecule has 1 atom stereocenters. The molecule has 2 N–H and O–H groups in total. The molecule has 0 amide bonds. The van der Waals surface area contributed by atoms with Crippen molar-refractivity contribution in [3.05, 3.63) is 16.6 Å². The van der Waals surface area contributed by atoms with Gasteiger partial charge in [-0.1, -0.05) is 20.8 Å². The van der Waals surface area contributed by atoms with Crippen LogP contribution in [0, 0.1) is 5.41 Å². The Hall–Kier alpha value is -0.740. The van der Waals surface area contributed by atoms with Crippen molar-refractivity contribution in [1.82, 2.24) is 4.98 Å². The molecule has 1 heterocycles. The average Bonchev–Trinajstić information content (AvgIpc) is 2.53. The Kier molecular flexibility index (Phi) is 3.39. The first-order valence-electron chi connectivity index (χ1n) is 4.58. The van der Waals surface area contributed by atoms with Gasteiger partial charge in [-0.25, -0.2) is 4.98 Å². The first kappa shape index (κ1) is 11.3. The molecule has 0 bridgehead atoms. The van der Waals surface area contributed by atoms with Gasteiger partial charge in [-0.2, -0.15) is 0 Å². The van der Waals surface area contributed by atoms with Crippen LogP contribution in [0.15, 0.2) is 11.6 Å². The Morgan fingerprint density at radius 2 is 2.29 bits per heavy atom. The normalized spacial score (nSPS) is 14.0. The third-order valence-corrected chi connectivity index (χ3v) is 2.87. The third-order valence-electron chi connectivity index (χ3n) is 2.09. The van der Waals surface area contributed by atoms with E-state index in [1.165, 1.54) is 11.3 Å². The van der Waals surface area contributed by atoms with Crippen molar-refractivity contribution >= 4 is 17.1 Å². The van der Waals surface area contributed by atoms with Crippen LogP contribution in [0.25, 0.3) is 0 Å². The van der Waals surface area contributed by atoms with Gasteiger partial charge in [0.05, 0.1) is 17.5 Å². The van der Waals surface area contributed by atoms with Gasteiger partial charge in [0.15, 0.2) is 5.78 Å². The molecular formula is C10H16N2OS. The van der Waals surface area contributed by atoms with E-state index in [0.29, 0.717) is 6.42 Å². The number of nitrogens with zero attached hydrogens (tertiary/aromatic N) is 1. The number of hydrogen-bond acceptors (Lipinski definition) is 4. The van der Waals surface area contributed by atoms with E-state index < -0.39 is 6.04 Å². The Morgan fingerprint density at radius 1 is 1.64 bits per heavy atom. The van der Waals surface area contributed by atoms with Crippen molar-refractivity contribution in [2.75, 3.05) is 0 Å². The lowest BCUT2D eigenvalue weighted by Gasteiger charge is -2.25. The Bertz CT molecular complexity index is 300. The highest BCUT2D eigenvalue weighted by atomic mass is 32.1. The zero-order chi connectivity index (χ0) is 10.8. The summed E-state index contributed by atoms with van der Waals surface area (Å²) in [7, 11) is 0. The van der Waals surface area contributed by atoms with Gasteiger partial charge in [-0.3, -0.25) is 4.79 Å². The summed E-state index contributed by atoms with van der Waals surface area (Å²) in [4.78, 5) is 15.8. The summed E-state index contributed by atoms with van der Waals surface area (Å²) >= 11 is 1.49. The molecular weight excluding hydrogens is 196 g/mol. The van der Waals surface area contributed by atoms with Crippen LogP contribution in [0.4, 0.5) is 0 Å². The molecule has 0 fully saturated rings. The van der Waals surface area contributed by atoms with Gasteiger partial charge in [0.2, 0.25) is 0 Å². The molecule has 0 aromatic carbocycles. The van der Waals surface area contributed by atoms with Crippen LogP contribution in [0.3, 0.4) is 0 Å². The molecule has 78 valence electrons. The number of Topliss-reactive ketones (excluding diaryl/α,β-unsaturated/α-hetero) is 1. The van der Waals surface area contributed by atoms with Gasteiger partial charge >= 0.3 is 0 Å². The number of ketones is 1. The Balaban J connectivity index is 2.59. The molecule has 1 rings (SSSR count). The number of aromatic nitrogens is 1. The molecule has 0 aliphatic carbocycles. The SMILES string of the molecule is CC(C)(C)C(N)C(=O)Cc1nccs1. The molecule has 0 saturated carbocycles. The number of carbonyl (C=O) groups excluding carboxylic acids is 1. The topological polar surface area (TPSA) is 56.0 Å². The van der Waals surface area contributed by atoms with E-state index in [9.17, 15) is 4.79 Å². The summed E-state index contributed by atoms with van der Waals surface area (Å²) < 4.78 is 0. The van der Waals surface area contributed by atoms with E-state index in [0.717, 1.165) is 5.01 Å². The van der Waals surface area contributed by atoms with Crippen LogP contribution in [0.2, 0.25) is 0 Å². The van der Waals surface area contributed by atoms with Gasteiger partial charge in [-0.15, -0.1) is 11.3 Å². The number of carbonyl (C=O) groups is 1. The zero-order valence-electron chi connectivity index (χ0n) is 8.78. The number of nitrogens with two attached hydrogens (primary N) is 1. The van der Waals surface area contributed by atoms with E-state index in [4.69, 9.17) is 5.73 Å². The third kappa shape index (κ3) is 2.89. The minimum absolute atomic E-state index is 0.0625. The first-order chi connectivity index (χ1) is 6.41. The maximum atomic E-state index is 11.7. The second-order valence-electron chi connectivity index (χ2n) is 4.41. The first-order valence-corrected chi connectivity index (χ1v) is 5.46. The molecule has 3 nitrogen and oxygen atoms in total. The Labute approximate surface area is 88.3 Å². The molecule has 0 radical (unpaired) electrons. The highest BCUT2D eigenvalue weighted by Gasteiger charge is 2.27.